The summed E-state index contributed by atoms with van der Waals surface area (Å²) in [5.74, 6) is 0.0921. The maximum Gasteiger partial charge on any atom is 0.309 e. The van der Waals surface area contributed by atoms with Crippen molar-refractivity contribution < 1.29 is 19.4 Å². The zero-order chi connectivity index (χ0) is 12.4. The topological polar surface area (TPSA) is 55.8 Å². The molecule has 1 radical (unpaired) electrons. The summed E-state index contributed by atoms with van der Waals surface area (Å²) in [6, 6.07) is 5.07. The summed E-state index contributed by atoms with van der Waals surface area (Å²) in [4.78, 5) is 11.5. The van der Waals surface area contributed by atoms with E-state index in [1.807, 2.05) is 0 Å². The monoisotopic (exact) mass is 235 g/mol. The second-order valence-electron chi connectivity index (χ2n) is 4.21. The molecule has 0 amide bonds. The lowest BCUT2D eigenvalue weighted by atomic mass is 9.90. The SMILES string of the molecule is [CH2]C1COC(=O)C1Cc1ccc(O)c(OC)c1. The highest BCUT2D eigenvalue weighted by molar-refractivity contribution is 5.75. The first-order valence-corrected chi connectivity index (χ1v) is 5.47. The van der Waals surface area contributed by atoms with Crippen molar-refractivity contribution in [2.45, 2.75) is 6.42 Å². The Hall–Kier alpha value is -1.71. The van der Waals surface area contributed by atoms with E-state index in [-0.39, 0.29) is 23.6 Å². The molecule has 0 aliphatic carbocycles. The normalized spacial score (nSPS) is 23.5. The van der Waals surface area contributed by atoms with Gasteiger partial charge in [0.25, 0.3) is 0 Å². The third-order valence-electron chi connectivity index (χ3n) is 3.01. The molecule has 0 aromatic heterocycles. The number of esters is 1. The average molecular weight is 235 g/mol. The summed E-state index contributed by atoms with van der Waals surface area (Å²) in [7, 11) is 1.49. The Morgan fingerprint density at radius 1 is 1.59 bits per heavy atom. The average Bonchev–Trinajstić information content (AvgIpc) is 2.63. The lowest BCUT2D eigenvalue weighted by Crippen LogP contribution is -2.16. The molecule has 0 saturated carbocycles. The molecule has 91 valence electrons. The van der Waals surface area contributed by atoms with Crippen LogP contribution in [0.15, 0.2) is 18.2 Å². The molecule has 1 fully saturated rings. The lowest BCUT2D eigenvalue weighted by molar-refractivity contribution is -0.141. The minimum absolute atomic E-state index is 0.0118. The highest BCUT2D eigenvalue weighted by Crippen LogP contribution is 2.30. The fourth-order valence-electron chi connectivity index (χ4n) is 1.96. The van der Waals surface area contributed by atoms with E-state index in [9.17, 15) is 9.90 Å². The van der Waals surface area contributed by atoms with E-state index in [4.69, 9.17) is 9.47 Å². The van der Waals surface area contributed by atoms with Crippen LogP contribution in [-0.4, -0.2) is 24.8 Å². The Labute approximate surface area is 100 Å². The van der Waals surface area contributed by atoms with Gasteiger partial charge in [0.15, 0.2) is 11.5 Å². The predicted octanol–water partition coefficient (Wildman–Crippen LogP) is 1.57. The Kier molecular flexibility index (Phi) is 3.22. The fourth-order valence-corrected chi connectivity index (χ4v) is 1.96. The molecular formula is C13H15O4. The molecule has 4 heteroatoms. The molecule has 1 heterocycles. The van der Waals surface area contributed by atoms with E-state index < -0.39 is 0 Å². The number of methoxy groups -OCH3 is 1. The van der Waals surface area contributed by atoms with Crippen molar-refractivity contribution in [1.82, 2.24) is 0 Å². The first kappa shape index (κ1) is 11.8. The number of hydrogen-bond donors (Lipinski definition) is 1. The van der Waals surface area contributed by atoms with Gasteiger partial charge in [0, 0.05) is 5.92 Å². The van der Waals surface area contributed by atoms with Crippen molar-refractivity contribution in [3.8, 4) is 11.5 Å². The van der Waals surface area contributed by atoms with Gasteiger partial charge in [-0.25, -0.2) is 0 Å². The van der Waals surface area contributed by atoms with E-state index in [0.717, 1.165) is 5.56 Å². The molecule has 1 N–H and O–H groups in total. The number of hydrogen-bond acceptors (Lipinski definition) is 4. The summed E-state index contributed by atoms with van der Waals surface area (Å²) in [5, 5.41) is 9.47. The van der Waals surface area contributed by atoms with Gasteiger partial charge in [-0.3, -0.25) is 4.79 Å². The Morgan fingerprint density at radius 2 is 2.35 bits per heavy atom. The van der Waals surface area contributed by atoms with Crippen LogP contribution in [0.5, 0.6) is 11.5 Å². The van der Waals surface area contributed by atoms with E-state index in [2.05, 4.69) is 6.92 Å². The molecule has 1 aliphatic rings. The van der Waals surface area contributed by atoms with Crippen molar-refractivity contribution in [3.05, 3.63) is 30.7 Å². The van der Waals surface area contributed by atoms with Gasteiger partial charge in [0.05, 0.1) is 19.6 Å². The molecule has 4 nitrogen and oxygen atoms in total. The Bertz CT molecular complexity index is 427. The molecule has 2 unspecified atom stereocenters. The third-order valence-corrected chi connectivity index (χ3v) is 3.01. The van der Waals surface area contributed by atoms with Crippen molar-refractivity contribution >= 4 is 5.97 Å². The molecule has 1 aromatic carbocycles. The second-order valence-corrected chi connectivity index (χ2v) is 4.21. The smallest absolute Gasteiger partial charge is 0.309 e. The van der Waals surface area contributed by atoms with Crippen LogP contribution in [0.4, 0.5) is 0 Å². The number of carbonyl (C=O) groups excluding carboxylic acids is 1. The molecule has 1 aliphatic heterocycles. The summed E-state index contributed by atoms with van der Waals surface area (Å²) >= 11 is 0. The molecule has 2 atom stereocenters. The van der Waals surface area contributed by atoms with Gasteiger partial charge >= 0.3 is 5.97 Å². The van der Waals surface area contributed by atoms with Gasteiger partial charge in [-0.1, -0.05) is 6.07 Å². The van der Waals surface area contributed by atoms with E-state index in [1.165, 1.54) is 7.11 Å². The first-order chi connectivity index (χ1) is 8.11. The minimum atomic E-state index is -0.204. The standard InChI is InChI=1S/C13H15O4/c1-8-7-17-13(15)10(8)5-9-3-4-11(14)12(6-9)16-2/h3-4,6,8,10,14H,1,5,7H2,2H3. The largest absolute Gasteiger partial charge is 0.504 e. The molecule has 2 rings (SSSR count). The highest BCUT2D eigenvalue weighted by atomic mass is 16.5. The number of benzene rings is 1. The number of phenolic OH excluding ortho intramolecular Hbond substituents is 1. The number of carbonyl (C=O) groups is 1. The van der Waals surface area contributed by atoms with E-state index in [1.54, 1.807) is 18.2 Å². The van der Waals surface area contributed by atoms with Crippen LogP contribution in [0.25, 0.3) is 0 Å². The molecule has 0 spiro atoms. The number of cyclic esters (lactones) is 1. The predicted molar refractivity (Wildman–Crippen MR) is 61.7 cm³/mol. The maximum absolute atomic E-state index is 11.5. The molecule has 1 aromatic rings. The summed E-state index contributed by atoms with van der Waals surface area (Å²) in [6.45, 7) is 4.29. The Morgan fingerprint density at radius 3 is 2.94 bits per heavy atom. The number of phenols is 1. The lowest BCUT2D eigenvalue weighted by Gasteiger charge is -2.11. The van der Waals surface area contributed by atoms with Gasteiger partial charge in [0.1, 0.15) is 0 Å². The van der Waals surface area contributed by atoms with Crippen LogP contribution in [0.1, 0.15) is 5.56 Å². The quantitative estimate of drug-likeness (QED) is 0.808. The van der Waals surface area contributed by atoms with Gasteiger partial charge in [-0.15, -0.1) is 0 Å². The highest BCUT2D eigenvalue weighted by Gasteiger charge is 2.33. The van der Waals surface area contributed by atoms with Crippen LogP contribution in [-0.2, 0) is 16.0 Å². The number of rotatable bonds is 3. The molecular weight excluding hydrogens is 220 g/mol. The van der Waals surface area contributed by atoms with Crippen LogP contribution in [0.3, 0.4) is 0 Å². The minimum Gasteiger partial charge on any atom is -0.504 e. The zero-order valence-electron chi connectivity index (χ0n) is 9.68. The number of ether oxygens (including phenoxy) is 2. The van der Waals surface area contributed by atoms with Crippen molar-refractivity contribution in [2.24, 2.45) is 11.8 Å². The van der Waals surface area contributed by atoms with Gasteiger partial charge < -0.3 is 14.6 Å². The van der Waals surface area contributed by atoms with Crippen molar-refractivity contribution in [3.63, 3.8) is 0 Å². The third kappa shape index (κ3) is 2.35. The summed E-state index contributed by atoms with van der Waals surface area (Å²) in [6.07, 6.45) is 0.559. The van der Waals surface area contributed by atoms with Crippen LogP contribution in [0, 0.1) is 18.8 Å². The molecule has 0 bridgehead atoms. The fraction of sp³-hybridized carbons (Fsp3) is 0.385. The van der Waals surface area contributed by atoms with Crippen molar-refractivity contribution in [2.75, 3.05) is 13.7 Å². The van der Waals surface area contributed by atoms with E-state index in [0.29, 0.717) is 18.8 Å². The first-order valence-electron chi connectivity index (χ1n) is 5.47. The maximum atomic E-state index is 11.5. The van der Waals surface area contributed by atoms with Crippen LogP contribution >= 0.6 is 0 Å². The molecule has 17 heavy (non-hydrogen) atoms. The Balaban J connectivity index is 2.16. The zero-order valence-corrected chi connectivity index (χ0v) is 9.68. The van der Waals surface area contributed by atoms with Gasteiger partial charge in [-0.2, -0.15) is 0 Å². The van der Waals surface area contributed by atoms with Crippen molar-refractivity contribution in [1.29, 1.82) is 0 Å². The van der Waals surface area contributed by atoms with Crippen LogP contribution < -0.4 is 4.74 Å². The summed E-state index contributed by atoms with van der Waals surface area (Å²) in [5.41, 5.74) is 0.928. The van der Waals surface area contributed by atoms with Crippen LogP contribution in [0.2, 0.25) is 0 Å². The van der Waals surface area contributed by atoms with E-state index >= 15 is 0 Å². The van der Waals surface area contributed by atoms with Gasteiger partial charge in [0.2, 0.25) is 0 Å². The van der Waals surface area contributed by atoms with Gasteiger partial charge in [-0.05, 0) is 31.0 Å². The molecule has 1 saturated heterocycles. The summed E-state index contributed by atoms with van der Waals surface area (Å²) < 4.78 is 9.97. The second kappa shape index (κ2) is 4.65. The number of aromatic hydroxyl groups is 1.